The van der Waals surface area contributed by atoms with E-state index in [2.05, 4.69) is 5.32 Å². The van der Waals surface area contributed by atoms with Gasteiger partial charge in [0.1, 0.15) is 5.82 Å². The van der Waals surface area contributed by atoms with Crippen molar-refractivity contribution < 1.29 is 17.6 Å². The van der Waals surface area contributed by atoms with E-state index in [9.17, 15) is 17.6 Å². The normalized spacial score (nSPS) is 13.2. The summed E-state index contributed by atoms with van der Waals surface area (Å²) in [6.45, 7) is 1.87. The monoisotopic (exact) mass is 297 g/mol. The largest absolute Gasteiger partial charge is 0.416 e. The van der Waals surface area contributed by atoms with Crippen molar-refractivity contribution >= 4 is 0 Å². The highest BCUT2D eigenvalue weighted by molar-refractivity contribution is 5.69. The van der Waals surface area contributed by atoms with Gasteiger partial charge in [-0.2, -0.15) is 13.2 Å². The minimum atomic E-state index is -4.42. The molecule has 21 heavy (non-hydrogen) atoms. The Morgan fingerprint density at radius 1 is 1.05 bits per heavy atom. The number of halogens is 4. The molecular formula is C16H15F4N. The minimum Gasteiger partial charge on any atom is -0.313 e. The number of alkyl halides is 3. The van der Waals surface area contributed by atoms with E-state index >= 15 is 0 Å². The zero-order valence-corrected chi connectivity index (χ0v) is 11.6. The van der Waals surface area contributed by atoms with Crippen molar-refractivity contribution in [1.29, 1.82) is 0 Å². The van der Waals surface area contributed by atoms with Gasteiger partial charge in [0.05, 0.1) is 5.56 Å². The number of rotatable bonds is 3. The maximum Gasteiger partial charge on any atom is 0.416 e. The highest BCUT2D eigenvalue weighted by Gasteiger charge is 2.30. The molecule has 2 aromatic rings. The number of nitrogens with one attached hydrogen (secondary N) is 1. The average Bonchev–Trinajstić information content (AvgIpc) is 2.45. The van der Waals surface area contributed by atoms with Gasteiger partial charge in [0.2, 0.25) is 0 Å². The van der Waals surface area contributed by atoms with Gasteiger partial charge in [0.25, 0.3) is 0 Å². The van der Waals surface area contributed by atoms with Crippen LogP contribution in [0.25, 0.3) is 11.1 Å². The van der Waals surface area contributed by atoms with Gasteiger partial charge in [-0.1, -0.05) is 18.2 Å². The second-order valence-corrected chi connectivity index (χ2v) is 4.82. The van der Waals surface area contributed by atoms with Gasteiger partial charge >= 0.3 is 6.18 Å². The molecule has 0 saturated carbocycles. The molecule has 2 rings (SSSR count). The van der Waals surface area contributed by atoms with Crippen molar-refractivity contribution in [3.05, 3.63) is 59.4 Å². The smallest absolute Gasteiger partial charge is 0.313 e. The van der Waals surface area contributed by atoms with Crippen molar-refractivity contribution in [2.75, 3.05) is 7.05 Å². The molecule has 112 valence electrons. The average molecular weight is 297 g/mol. The zero-order chi connectivity index (χ0) is 15.6. The van der Waals surface area contributed by atoms with Crippen LogP contribution >= 0.6 is 0 Å². The summed E-state index contributed by atoms with van der Waals surface area (Å²) in [6.07, 6.45) is -4.42. The van der Waals surface area contributed by atoms with Crippen LogP contribution in [0.4, 0.5) is 17.6 Å². The van der Waals surface area contributed by atoms with Crippen molar-refractivity contribution in [3.63, 3.8) is 0 Å². The van der Waals surface area contributed by atoms with E-state index in [0.29, 0.717) is 11.1 Å². The molecule has 0 spiro atoms. The van der Waals surface area contributed by atoms with Gasteiger partial charge < -0.3 is 5.32 Å². The highest BCUT2D eigenvalue weighted by Crippen LogP contribution is 2.34. The summed E-state index contributed by atoms with van der Waals surface area (Å²) in [5.74, 6) is -0.477. The van der Waals surface area contributed by atoms with Gasteiger partial charge in [-0.25, -0.2) is 4.39 Å². The predicted molar refractivity (Wildman–Crippen MR) is 74.3 cm³/mol. The molecule has 0 aliphatic rings. The molecule has 1 nitrogen and oxygen atoms in total. The lowest BCUT2D eigenvalue weighted by Gasteiger charge is -2.17. The quantitative estimate of drug-likeness (QED) is 0.803. The fourth-order valence-electron chi connectivity index (χ4n) is 2.17. The molecule has 0 aliphatic carbocycles. The van der Waals surface area contributed by atoms with Crippen molar-refractivity contribution in [3.8, 4) is 11.1 Å². The Morgan fingerprint density at radius 2 is 1.76 bits per heavy atom. The van der Waals surface area contributed by atoms with E-state index in [1.165, 1.54) is 18.2 Å². The minimum absolute atomic E-state index is 0.102. The van der Waals surface area contributed by atoms with Crippen molar-refractivity contribution in [1.82, 2.24) is 5.32 Å². The fourth-order valence-corrected chi connectivity index (χ4v) is 2.17. The molecule has 1 unspecified atom stereocenters. The van der Waals surface area contributed by atoms with E-state index in [4.69, 9.17) is 0 Å². The Balaban J connectivity index is 2.58. The van der Waals surface area contributed by atoms with Crippen LogP contribution in [0, 0.1) is 5.82 Å². The SMILES string of the molecule is CNC(C)c1ccc(F)cc1-c1cccc(C(F)(F)F)c1. The Hall–Kier alpha value is -1.88. The summed E-state index contributed by atoms with van der Waals surface area (Å²) in [5, 5.41) is 3.01. The Labute approximate surface area is 120 Å². The molecule has 0 amide bonds. The van der Waals surface area contributed by atoms with Crippen LogP contribution in [-0.2, 0) is 6.18 Å². The molecule has 0 saturated heterocycles. The fraction of sp³-hybridized carbons (Fsp3) is 0.250. The maximum absolute atomic E-state index is 13.5. The van der Waals surface area contributed by atoms with Crippen LogP contribution in [0.3, 0.4) is 0 Å². The molecule has 0 aromatic heterocycles. The first-order valence-electron chi connectivity index (χ1n) is 6.47. The highest BCUT2D eigenvalue weighted by atomic mass is 19.4. The number of hydrogen-bond donors (Lipinski definition) is 1. The van der Waals surface area contributed by atoms with Crippen LogP contribution in [-0.4, -0.2) is 7.05 Å². The van der Waals surface area contributed by atoms with Crippen LogP contribution in [0.15, 0.2) is 42.5 Å². The van der Waals surface area contributed by atoms with Gasteiger partial charge in [-0.3, -0.25) is 0 Å². The molecule has 0 heterocycles. The Kier molecular flexibility index (Phi) is 4.32. The summed E-state index contributed by atoms with van der Waals surface area (Å²) < 4.78 is 51.9. The molecule has 0 aliphatic heterocycles. The summed E-state index contributed by atoms with van der Waals surface area (Å²) in [4.78, 5) is 0. The lowest BCUT2D eigenvalue weighted by Crippen LogP contribution is -2.13. The van der Waals surface area contributed by atoms with Crippen LogP contribution < -0.4 is 5.32 Å². The van der Waals surface area contributed by atoms with E-state index in [1.54, 1.807) is 19.2 Å². The van der Waals surface area contributed by atoms with Gasteiger partial charge in [-0.05, 0) is 54.9 Å². The van der Waals surface area contributed by atoms with Crippen LogP contribution in [0.5, 0.6) is 0 Å². The third kappa shape index (κ3) is 3.42. The topological polar surface area (TPSA) is 12.0 Å². The molecule has 5 heteroatoms. The van der Waals surface area contributed by atoms with E-state index in [0.717, 1.165) is 17.7 Å². The van der Waals surface area contributed by atoms with Crippen LogP contribution in [0.1, 0.15) is 24.1 Å². The molecule has 1 atom stereocenters. The lowest BCUT2D eigenvalue weighted by molar-refractivity contribution is -0.137. The molecule has 2 aromatic carbocycles. The second-order valence-electron chi connectivity index (χ2n) is 4.82. The summed E-state index contributed by atoms with van der Waals surface area (Å²) in [5.41, 5.74) is 0.815. The molecule has 1 N–H and O–H groups in total. The summed E-state index contributed by atoms with van der Waals surface area (Å²) in [6, 6.07) is 8.98. The molecular weight excluding hydrogens is 282 g/mol. The summed E-state index contributed by atoms with van der Waals surface area (Å²) in [7, 11) is 1.74. The molecule has 0 bridgehead atoms. The molecule has 0 radical (unpaired) electrons. The van der Waals surface area contributed by atoms with Crippen molar-refractivity contribution in [2.45, 2.75) is 19.1 Å². The Morgan fingerprint density at radius 3 is 2.38 bits per heavy atom. The third-order valence-corrected chi connectivity index (χ3v) is 3.42. The lowest BCUT2D eigenvalue weighted by atomic mass is 9.94. The van der Waals surface area contributed by atoms with E-state index in [1.807, 2.05) is 6.92 Å². The Bertz CT molecular complexity index is 634. The molecule has 0 fully saturated rings. The number of hydrogen-bond acceptors (Lipinski definition) is 1. The zero-order valence-electron chi connectivity index (χ0n) is 11.6. The second kappa shape index (κ2) is 5.85. The van der Waals surface area contributed by atoms with Gasteiger partial charge in [-0.15, -0.1) is 0 Å². The van der Waals surface area contributed by atoms with Crippen molar-refractivity contribution in [2.24, 2.45) is 0 Å². The first-order valence-corrected chi connectivity index (χ1v) is 6.47. The van der Waals surface area contributed by atoms with E-state index < -0.39 is 17.6 Å². The third-order valence-electron chi connectivity index (χ3n) is 3.42. The summed E-state index contributed by atoms with van der Waals surface area (Å²) >= 11 is 0. The van der Waals surface area contributed by atoms with Crippen LogP contribution in [0.2, 0.25) is 0 Å². The first kappa shape index (κ1) is 15.5. The number of benzene rings is 2. The standard InChI is InChI=1S/C16H15F4N/c1-10(21-2)14-7-6-13(17)9-15(14)11-4-3-5-12(8-11)16(18,19)20/h3-10,21H,1-2H3. The van der Waals surface area contributed by atoms with Gasteiger partial charge in [0, 0.05) is 6.04 Å². The maximum atomic E-state index is 13.5. The first-order chi connectivity index (χ1) is 9.82. The van der Waals surface area contributed by atoms with Gasteiger partial charge in [0.15, 0.2) is 0 Å². The van der Waals surface area contributed by atoms with E-state index in [-0.39, 0.29) is 6.04 Å². The predicted octanol–water partition coefficient (Wildman–Crippen LogP) is 4.79.